The number of hydrogen-bond acceptors (Lipinski definition) is 5. The summed E-state index contributed by atoms with van der Waals surface area (Å²) in [6, 6.07) is 12.6. The summed E-state index contributed by atoms with van der Waals surface area (Å²) in [5.74, 6) is 0.776. The Kier molecular flexibility index (Phi) is 4.04. The van der Waals surface area contributed by atoms with Gasteiger partial charge in [-0.3, -0.25) is 4.79 Å². The summed E-state index contributed by atoms with van der Waals surface area (Å²) in [6.45, 7) is -0.235. The van der Waals surface area contributed by atoms with Gasteiger partial charge in [0.1, 0.15) is 16.7 Å². The normalized spacial score (nSPS) is 10.7. The van der Waals surface area contributed by atoms with Crippen LogP contribution in [0.3, 0.4) is 0 Å². The highest BCUT2D eigenvalue weighted by Crippen LogP contribution is 2.35. The van der Waals surface area contributed by atoms with Crippen molar-refractivity contribution in [3.63, 3.8) is 0 Å². The predicted molar refractivity (Wildman–Crippen MR) is 86.9 cm³/mol. The number of hydrogen-bond donors (Lipinski definition) is 1. The second-order valence-electron chi connectivity index (χ2n) is 4.95. The van der Waals surface area contributed by atoms with Crippen molar-refractivity contribution in [2.24, 2.45) is 0 Å². The van der Waals surface area contributed by atoms with Crippen LogP contribution >= 0.6 is 0 Å². The average molecular weight is 312 g/mol. The zero-order valence-corrected chi connectivity index (χ0v) is 12.8. The Morgan fingerprint density at radius 1 is 1.00 bits per heavy atom. The third-order valence-electron chi connectivity index (χ3n) is 3.67. The molecule has 0 aliphatic carbocycles. The highest BCUT2D eigenvalue weighted by molar-refractivity contribution is 5.88. The molecule has 0 aliphatic rings. The van der Waals surface area contributed by atoms with E-state index in [4.69, 9.17) is 13.9 Å². The minimum Gasteiger partial charge on any atom is -0.495 e. The maximum atomic E-state index is 12.9. The van der Waals surface area contributed by atoms with Gasteiger partial charge in [-0.25, -0.2) is 0 Å². The highest BCUT2D eigenvalue weighted by atomic mass is 16.5. The number of methoxy groups -OCH3 is 2. The third kappa shape index (κ3) is 2.45. The Bertz CT molecular complexity index is 897. The van der Waals surface area contributed by atoms with Gasteiger partial charge < -0.3 is 19.0 Å². The lowest BCUT2D eigenvalue weighted by Gasteiger charge is -2.13. The fourth-order valence-corrected chi connectivity index (χ4v) is 2.60. The van der Waals surface area contributed by atoms with Crippen molar-refractivity contribution in [2.45, 2.75) is 6.61 Å². The molecule has 1 aromatic heterocycles. The van der Waals surface area contributed by atoms with Crippen molar-refractivity contribution in [3.8, 4) is 22.8 Å². The summed E-state index contributed by atoms with van der Waals surface area (Å²) < 4.78 is 16.5. The monoisotopic (exact) mass is 312 g/mol. The molecule has 0 aliphatic heterocycles. The predicted octanol–water partition coefficient (Wildman–Crippen LogP) is 2.97. The maximum absolute atomic E-state index is 12.9. The van der Waals surface area contributed by atoms with Gasteiger partial charge in [0.2, 0.25) is 11.2 Å². The fraction of sp³-hybridized carbons (Fsp3) is 0.167. The van der Waals surface area contributed by atoms with Crippen LogP contribution in [0.4, 0.5) is 0 Å². The Balaban J connectivity index is 2.41. The van der Waals surface area contributed by atoms with Gasteiger partial charge in [-0.2, -0.15) is 0 Å². The van der Waals surface area contributed by atoms with Crippen molar-refractivity contribution >= 4 is 11.0 Å². The quantitative estimate of drug-likeness (QED) is 0.802. The molecule has 0 fully saturated rings. The van der Waals surface area contributed by atoms with Gasteiger partial charge in [-0.05, 0) is 12.1 Å². The van der Waals surface area contributed by atoms with E-state index in [0.717, 1.165) is 5.56 Å². The molecular formula is C18H16O5. The van der Waals surface area contributed by atoms with Crippen LogP contribution in [0.5, 0.6) is 11.5 Å². The van der Waals surface area contributed by atoms with Gasteiger partial charge in [-0.15, -0.1) is 0 Å². The smallest absolute Gasteiger partial charge is 0.239 e. The minimum atomic E-state index is -0.334. The molecule has 118 valence electrons. The number of ether oxygens (including phenoxy) is 2. The van der Waals surface area contributed by atoms with E-state index in [1.165, 1.54) is 14.2 Å². The molecule has 2 aromatic carbocycles. The van der Waals surface area contributed by atoms with E-state index in [1.807, 2.05) is 30.3 Å². The lowest BCUT2D eigenvalue weighted by molar-refractivity contribution is 0.274. The topological polar surface area (TPSA) is 68.9 Å². The summed E-state index contributed by atoms with van der Waals surface area (Å²) in [7, 11) is 2.87. The molecular weight excluding hydrogens is 296 g/mol. The standard InChI is InChI=1S/C18H16O5/c1-21-16-12(10-19)8-9-13-14(16)15(20)18(22-2)17(23-13)11-6-4-3-5-7-11/h3-9,19H,10H2,1-2H3. The maximum Gasteiger partial charge on any atom is 0.239 e. The van der Waals surface area contributed by atoms with E-state index in [-0.39, 0.29) is 23.2 Å². The lowest BCUT2D eigenvalue weighted by Crippen LogP contribution is -2.10. The molecule has 3 rings (SSSR count). The third-order valence-corrected chi connectivity index (χ3v) is 3.67. The highest BCUT2D eigenvalue weighted by Gasteiger charge is 2.21. The summed E-state index contributed by atoms with van der Waals surface area (Å²) in [5, 5.41) is 9.67. The number of aliphatic hydroxyl groups excluding tert-OH is 1. The van der Waals surface area contributed by atoms with E-state index < -0.39 is 0 Å². The number of aliphatic hydroxyl groups is 1. The SMILES string of the molecule is COc1c(-c2ccccc2)oc2ccc(CO)c(OC)c2c1=O. The first-order valence-corrected chi connectivity index (χ1v) is 7.08. The fourth-order valence-electron chi connectivity index (χ4n) is 2.60. The molecule has 23 heavy (non-hydrogen) atoms. The van der Waals surface area contributed by atoms with Gasteiger partial charge >= 0.3 is 0 Å². The molecule has 1 heterocycles. The Labute approximate surface area is 132 Å². The van der Waals surface area contributed by atoms with Gasteiger partial charge in [0.25, 0.3) is 0 Å². The van der Waals surface area contributed by atoms with Crippen LogP contribution in [0.15, 0.2) is 51.7 Å². The van der Waals surface area contributed by atoms with Crippen LogP contribution in [0, 0.1) is 0 Å². The summed E-state index contributed by atoms with van der Waals surface area (Å²) in [6.07, 6.45) is 0. The molecule has 3 aromatic rings. The number of fused-ring (bicyclic) bond motifs is 1. The van der Waals surface area contributed by atoms with Gasteiger partial charge in [-0.1, -0.05) is 30.3 Å². The molecule has 0 radical (unpaired) electrons. The average Bonchev–Trinajstić information content (AvgIpc) is 2.61. The molecule has 5 heteroatoms. The van der Waals surface area contributed by atoms with Gasteiger partial charge in [0, 0.05) is 11.1 Å². The molecule has 0 unspecified atom stereocenters. The molecule has 0 spiro atoms. The summed E-state index contributed by atoms with van der Waals surface area (Å²) in [5.41, 5.74) is 1.30. The lowest BCUT2D eigenvalue weighted by atomic mass is 10.1. The second kappa shape index (κ2) is 6.14. The minimum absolute atomic E-state index is 0.108. The van der Waals surface area contributed by atoms with Crippen molar-refractivity contribution in [3.05, 3.63) is 58.3 Å². The zero-order chi connectivity index (χ0) is 16.4. The second-order valence-corrected chi connectivity index (χ2v) is 4.95. The molecule has 0 amide bonds. The van der Waals surface area contributed by atoms with E-state index in [0.29, 0.717) is 22.7 Å². The van der Waals surface area contributed by atoms with Crippen molar-refractivity contribution in [1.82, 2.24) is 0 Å². The summed E-state index contributed by atoms with van der Waals surface area (Å²) >= 11 is 0. The van der Waals surface area contributed by atoms with Crippen LogP contribution in [0.1, 0.15) is 5.56 Å². The van der Waals surface area contributed by atoms with Crippen LogP contribution in [-0.2, 0) is 6.61 Å². The van der Waals surface area contributed by atoms with E-state index in [1.54, 1.807) is 12.1 Å². The van der Waals surface area contributed by atoms with Gasteiger partial charge in [0.15, 0.2) is 5.76 Å². The molecule has 0 saturated heterocycles. The Hall–Kier alpha value is -2.79. The van der Waals surface area contributed by atoms with Gasteiger partial charge in [0.05, 0.1) is 20.8 Å². The largest absolute Gasteiger partial charge is 0.495 e. The number of rotatable bonds is 4. The van der Waals surface area contributed by atoms with E-state index >= 15 is 0 Å². The first-order chi connectivity index (χ1) is 11.2. The Morgan fingerprint density at radius 2 is 1.70 bits per heavy atom. The van der Waals surface area contributed by atoms with E-state index in [9.17, 15) is 9.90 Å². The van der Waals surface area contributed by atoms with Crippen LogP contribution in [0.25, 0.3) is 22.3 Å². The zero-order valence-electron chi connectivity index (χ0n) is 12.8. The first kappa shape index (κ1) is 15.1. The molecule has 5 nitrogen and oxygen atoms in total. The molecule has 0 bridgehead atoms. The molecule has 0 atom stereocenters. The van der Waals surface area contributed by atoms with Crippen LogP contribution in [0.2, 0.25) is 0 Å². The molecule has 1 N–H and O–H groups in total. The molecule has 0 saturated carbocycles. The first-order valence-electron chi connectivity index (χ1n) is 7.08. The van der Waals surface area contributed by atoms with Crippen molar-refractivity contribution in [2.75, 3.05) is 14.2 Å². The van der Waals surface area contributed by atoms with Crippen molar-refractivity contribution < 1.29 is 19.0 Å². The summed E-state index contributed by atoms with van der Waals surface area (Å²) in [4.78, 5) is 12.9. The van der Waals surface area contributed by atoms with Crippen LogP contribution < -0.4 is 14.9 Å². The Morgan fingerprint density at radius 3 is 2.30 bits per heavy atom. The van der Waals surface area contributed by atoms with Crippen molar-refractivity contribution in [1.29, 1.82) is 0 Å². The van der Waals surface area contributed by atoms with Crippen LogP contribution in [-0.4, -0.2) is 19.3 Å². The van der Waals surface area contributed by atoms with E-state index in [2.05, 4.69) is 0 Å². The number of benzene rings is 2.